The lowest BCUT2D eigenvalue weighted by atomic mass is 10.1. The van der Waals surface area contributed by atoms with Crippen LogP contribution < -0.4 is 0 Å². The summed E-state index contributed by atoms with van der Waals surface area (Å²) in [6.07, 6.45) is 3.53. The molecule has 1 aromatic carbocycles. The van der Waals surface area contributed by atoms with Crippen LogP contribution >= 0.6 is 0 Å². The van der Waals surface area contributed by atoms with Crippen molar-refractivity contribution in [3.63, 3.8) is 0 Å². The Labute approximate surface area is 115 Å². The van der Waals surface area contributed by atoms with Crippen LogP contribution in [-0.2, 0) is 6.42 Å². The maximum absolute atomic E-state index is 13.2. The maximum Gasteiger partial charge on any atom is 0.202 e. The predicted octanol–water partition coefficient (Wildman–Crippen LogP) is 3.70. The molecule has 0 fully saturated rings. The Morgan fingerprint density at radius 3 is 2.75 bits per heavy atom. The van der Waals surface area contributed by atoms with Gasteiger partial charge in [0.05, 0.1) is 0 Å². The molecule has 2 aromatic heterocycles. The van der Waals surface area contributed by atoms with Crippen molar-refractivity contribution < 1.29 is 13.6 Å². The summed E-state index contributed by atoms with van der Waals surface area (Å²) in [5.74, 6) is -0.165. The first-order chi connectivity index (χ1) is 9.65. The number of aryl methyl sites for hydroxylation is 1. The standard InChI is InChI=1S/C16H12FNO2/c1-10-13-9-12(17)2-3-15(13)20-16(10)14(19)8-11-4-6-18-7-5-11/h2-7,9H,8H2,1H3. The zero-order valence-electron chi connectivity index (χ0n) is 10.9. The van der Waals surface area contributed by atoms with Gasteiger partial charge < -0.3 is 4.42 Å². The largest absolute Gasteiger partial charge is 0.453 e. The van der Waals surface area contributed by atoms with Crippen molar-refractivity contribution in [2.75, 3.05) is 0 Å². The van der Waals surface area contributed by atoms with Gasteiger partial charge in [-0.2, -0.15) is 0 Å². The topological polar surface area (TPSA) is 43.1 Å². The summed E-state index contributed by atoms with van der Waals surface area (Å²) in [5, 5.41) is 0.642. The number of ketones is 1. The molecular weight excluding hydrogens is 257 g/mol. The van der Waals surface area contributed by atoms with Crippen molar-refractivity contribution in [3.05, 3.63) is 65.4 Å². The van der Waals surface area contributed by atoms with Crippen LogP contribution in [0.5, 0.6) is 0 Å². The van der Waals surface area contributed by atoms with E-state index in [9.17, 15) is 9.18 Å². The highest BCUT2D eigenvalue weighted by Crippen LogP contribution is 2.26. The highest BCUT2D eigenvalue weighted by atomic mass is 19.1. The highest BCUT2D eigenvalue weighted by molar-refractivity contribution is 6.01. The van der Waals surface area contributed by atoms with Crippen molar-refractivity contribution in [2.45, 2.75) is 13.3 Å². The molecule has 0 aliphatic rings. The van der Waals surface area contributed by atoms with E-state index in [4.69, 9.17) is 4.42 Å². The second-order valence-corrected chi connectivity index (χ2v) is 4.65. The number of hydrogen-bond acceptors (Lipinski definition) is 3. The Morgan fingerprint density at radius 2 is 2.00 bits per heavy atom. The Kier molecular flexibility index (Phi) is 3.06. The van der Waals surface area contributed by atoms with Gasteiger partial charge in [0.15, 0.2) is 5.76 Å². The van der Waals surface area contributed by atoms with Gasteiger partial charge in [-0.25, -0.2) is 4.39 Å². The molecule has 0 aliphatic carbocycles. The van der Waals surface area contributed by atoms with Crippen LogP contribution in [-0.4, -0.2) is 10.8 Å². The number of furan rings is 1. The van der Waals surface area contributed by atoms with Crippen LogP contribution in [0, 0.1) is 12.7 Å². The molecule has 100 valence electrons. The van der Waals surface area contributed by atoms with Crippen molar-refractivity contribution in [3.8, 4) is 0 Å². The van der Waals surface area contributed by atoms with Crippen LogP contribution in [0.4, 0.5) is 4.39 Å². The third kappa shape index (κ3) is 2.20. The minimum atomic E-state index is -0.338. The van der Waals surface area contributed by atoms with Gasteiger partial charge in [-0.1, -0.05) is 0 Å². The molecule has 0 saturated heterocycles. The molecule has 2 heterocycles. The third-order valence-electron chi connectivity index (χ3n) is 3.27. The van der Waals surface area contributed by atoms with E-state index in [-0.39, 0.29) is 18.0 Å². The van der Waals surface area contributed by atoms with Gasteiger partial charge in [0.2, 0.25) is 5.78 Å². The predicted molar refractivity (Wildman–Crippen MR) is 73.2 cm³/mol. The number of halogens is 1. The fourth-order valence-electron chi connectivity index (χ4n) is 2.23. The van der Waals surface area contributed by atoms with E-state index in [1.807, 2.05) is 0 Å². The summed E-state index contributed by atoms with van der Waals surface area (Å²) in [5.41, 5.74) is 2.08. The number of carbonyl (C=O) groups excluding carboxylic acids is 1. The molecule has 0 amide bonds. The Hall–Kier alpha value is -2.49. The number of pyridine rings is 1. The number of rotatable bonds is 3. The number of carbonyl (C=O) groups is 1. The number of aromatic nitrogens is 1. The normalized spacial score (nSPS) is 10.9. The second kappa shape index (κ2) is 4.89. The number of Topliss-reactive ketones (excluding diaryl/α,β-unsaturated/α-hetero) is 1. The number of benzene rings is 1. The first-order valence-corrected chi connectivity index (χ1v) is 6.26. The van der Waals surface area contributed by atoms with Crippen LogP contribution in [0.3, 0.4) is 0 Å². The summed E-state index contributed by atoms with van der Waals surface area (Å²) in [4.78, 5) is 16.2. The molecule has 0 saturated carbocycles. The van der Waals surface area contributed by atoms with Crippen LogP contribution in [0.1, 0.15) is 21.7 Å². The lowest BCUT2D eigenvalue weighted by molar-refractivity contribution is 0.0967. The summed E-state index contributed by atoms with van der Waals surface area (Å²) < 4.78 is 18.8. The molecule has 0 spiro atoms. The van der Waals surface area contributed by atoms with Crippen LogP contribution in [0.25, 0.3) is 11.0 Å². The fourth-order valence-corrected chi connectivity index (χ4v) is 2.23. The molecule has 0 atom stereocenters. The molecule has 0 unspecified atom stereocenters. The van der Waals surface area contributed by atoms with Crippen molar-refractivity contribution in [1.29, 1.82) is 0 Å². The SMILES string of the molecule is Cc1c(C(=O)Cc2ccncc2)oc2ccc(F)cc12. The average molecular weight is 269 g/mol. The van der Waals surface area contributed by atoms with Crippen molar-refractivity contribution >= 4 is 16.8 Å². The molecule has 3 nitrogen and oxygen atoms in total. The minimum absolute atomic E-state index is 0.120. The van der Waals surface area contributed by atoms with E-state index in [0.717, 1.165) is 5.56 Å². The smallest absolute Gasteiger partial charge is 0.202 e. The quantitative estimate of drug-likeness (QED) is 0.681. The maximum atomic E-state index is 13.2. The van der Waals surface area contributed by atoms with E-state index in [2.05, 4.69) is 4.98 Å². The highest BCUT2D eigenvalue weighted by Gasteiger charge is 2.18. The molecule has 0 radical (unpaired) electrons. The van der Waals surface area contributed by atoms with Crippen LogP contribution in [0.2, 0.25) is 0 Å². The summed E-state index contributed by atoms with van der Waals surface area (Å²) in [6, 6.07) is 7.83. The van der Waals surface area contributed by atoms with Gasteiger partial charge >= 0.3 is 0 Å². The summed E-state index contributed by atoms with van der Waals surface area (Å²) in [6.45, 7) is 1.77. The monoisotopic (exact) mass is 269 g/mol. The van der Waals surface area contributed by atoms with E-state index in [0.29, 0.717) is 22.3 Å². The molecule has 20 heavy (non-hydrogen) atoms. The van der Waals surface area contributed by atoms with Gasteiger partial charge in [-0.3, -0.25) is 9.78 Å². The molecule has 0 N–H and O–H groups in total. The lowest BCUT2D eigenvalue weighted by Crippen LogP contribution is -2.03. The van der Waals surface area contributed by atoms with E-state index in [1.54, 1.807) is 37.5 Å². The Bertz CT molecular complexity index is 778. The molecule has 3 aromatic rings. The molecule has 4 heteroatoms. The van der Waals surface area contributed by atoms with Crippen LogP contribution in [0.15, 0.2) is 47.1 Å². The average Bonchev–Trinajstić information content (AvgIpc) is 2.77. The fraction of sp³-hybridized carbons (Fsp3) is 0.125. The number of nitrogens with zero attached hydrogens (tertiary/aromatic N) is 1. The summed E-state index contributed by atoms with van der Waals surface area (Å²) >= 11 is 0. The van der Waals surface area contributed by atoms with Gasteiger partial charge in [-0.05, 0) is 42.8 Å². The van der Waals surface area contributed by atoms with Gasteiger partial charge in [-0.15, -0.1) is 0 Å². The minimum Gasteiger partial charge on any atom is -0.453 e. The van der Waals surface area contributed by atoms with Gasteiger partial charge in [0.1, 0.15) is 11.4 Å². The Morgan fingerprint density at radius 1 is 1.25 bits per heavy atom. The molecular formula is C16H12FNO2. The second-order valence-electron chi connectivity index (χ2n) is 4.65. The zero-order chi connectivity index (χ0) is 14.1. The molecule has 3 rings (SSSR count). The first-order valence-electron chi connectivity index (χ1n) is 6.26. The van der Waals surface area contributed by atoms with Crippen molar-refractivity contribution in [2.24, 2.45) is 0 Å². The number of fused-ring (bicyclic) bond motifs is 1. The summed E-state index contributed by atoms with van der Waals surface area (Å²) in [7, 11) is 0. The van der Waals surface area contributed by atoms with Crippen molar-refractivity contribution in [1.82, 2.24) is 4.98 Å². The molecule has 0 aliphatic heterocycles. The van der Waals surface area contributed by atoms with E-state index < -0.39 is 0 Å². The third-order valence-corrected chi connectivity index (χ3v) is 3.27. The Balaban J connectivity index is 1.98. The lowest BCUT2D eigenvalue weighted by Gasteiger charge is -1.99. The van der Waals surface area contributed by atoms with E-state index >= 15 is 0 Å². The van der Waals surface area contributed by atoms with Gasteiger partial charge in [0.25, 0.3) is 0 Å². The van der Waals surface area contributed by atoms with E-state index in [1.165, 1.54) is 12.1 Å². The number of hydrogen-bond donors (Lipinski definition) is 0. The molecule has 0 bridgehead atoms. The van der Waals surface area contributed by atoms with Gasteiger partial charge in [0, 0.05) is 29.8 Å². The zero-order valence-corrected chi connectivity index (χ0v) is 10.9. The first kappa shape index (κ1) is 12.5.